The molecule has 0 aromatic carbocycles. The van der Waals surface area contributed by atoms with Gasteiger partial charge in [0.1, 0.15) is 5.82 Å². The van der Waals surface area contributed by atoms with Crippen LogP contribution in [0.3, 0.4) is 0 Å². The number of rotatable bonds is 5. The number of nitrogens with two attached hydrogens (primary N) is 1. The van der Waals surface area contributed by atoms with E-state index in [1.54, 1.807) is 10.9 Å². The number of anilines is 2. The molecule has 2 fully saturated rings. The molecule has 3 N–H and O–H groups in total. The molecule has 1 saturated heterocycles. The van der Waals surface area contributed by atoms with E-state index in [4.69, 9.17) is 10.7 Å². The number of aryl methyl sites for hydroxylation is 2. The summed E-state index contributed by atoms with van der Waals surface area (Å²) in [4.78, 5) is 28.7. The lowest BCUT2D eigenvalue weighted by Crippen LogP contribution is -2.27. The summed E-state index contributed by atoms with van der Waals surface area (Å²) >= 11 is 0. The largest absolute Gasteiger partial charge is 0.383 e. The van der Waals surface area contributed by atoms with Crippen LogP contribution >= 0.6 is 0 Å². The number of nitrogen functional groups attached to an aromatic ring is 1. The van der Waals surface area contributed by atoms with Crippen LogP contribution in [0.1, 0.15) is 57.5 Å². The third-order valence-electron chi connectivity index (χ3n) is 7.12. The molecule has 10 nitrogen and oxygen atoms in total. The summed E-state index contributed by atoms with van der Waals surface area (Å²) in [6, 6.07) is 1.90. The number of carbonyl (C=O) groups excluding carboxylic acids is 1. The third kappa shape index (κ3) is 3.69. The van der Waals surface area contributed by atoms with Gasteiger partial charge in [0.25, 0.3) is 5.91 Å². The molecule has 6 rings (SSSR count). The van der Waals surface area contributed by atoms with Gasteiger partial charge in [-0.3, -0.25) is 4.79 Å². The van der Waals surface area contributed by atoms with Crippen molar-refractivity contribution in [1.82, 2.24) is 35.3 Å². The topological polar surface area (TPSA) is 128 Å². The number of fused-ring (bicyclic) bond motifs is 2. The average Bonchev–Trinajstić information content (AvgIpc) is 3.16. The first-order valence-electron chi connectivity index (χ1n) is 11.5. The van der Waals surface area contributed by atoms with E-state index in [1.807, 2.05) is 26.1 Å². The lowest BCUT2D eigenvalue weighted by molar-refractivity contribution is 0.0931. The molecular formula is C23H27N9O. The minimum Gasteiger partial charge on any atom is -0.383 e. The standard InChI is InChI=1S/C23H27N9O/c1-12-5-18-17(21(24)26-12)3-4-19(18)28-22(33)20-11-32(30-29-20)10-16-7-25-23(27-13(16)2)31-8-14-6-15(14)9-31/h5,7,11,14-15,19H,3-4,6,8-10H2,1-2H3,(H2,24,26)(H,28,33)/t14?,15?,19-/m1/s1. The Bertz CT molecular complexity index is 1240. The summed E-state index contributed by atoms with van der Waals surface area (Å²) in [5, 5.41) is 11.3. The predicted octanol–water partition coefficient (Wildman–Crippen LogP) is 1.58. The molecule has 1 amide bonds. The fourth-order valence-corrected chi connectivity index (χ4v) is 5.16. The van der Waals surface area contributed by atoms with Gasteiger partial charge in [0.05, 0.1) is 18.8 Å². The molecular weight excluding hydrogens is 418 g/mol. The molecule has 3 atom stereocenters. The van der Waals surface area contributed by atoms with Crippen LogP contribution < -0.4 is 16.0 Å². The maximum absolute atomic E-state index is 12.8. The molecule has 2 unspecified atom stereocenters. The molecule has 10 heteroatoms. The van der Waals surface area contributed by atoms with Gasteiger partial charge in [-0.2, -0.15) is 0 Å². The average molecular weight is 446 g/mol. The highest BCUT2D eigenvalue weighted by Gasteiger charge is 2.45. The zero-order chi connectivity index (χ0) is 22.7. The number of hydrogen-bond donors (Lipinski definition) is 2. The first kappa shape index (κ1) is 20.1. The number of carbonyl (C=O) groups is 1. The first-order valence-corrected chi connectivity index (χ1v) is 11.5. The van der Waals surface area contributed by atoms with Gasteiger partial charge in [-0.05, 0) is 62.1 Å². The summed E-state index contributed by atoms with van der Waals surface area (Å²) in [6.07, 6.45) is 6.48. The van der Waals surface area contributed by atoms with Crippen molar-refractivity contribution in [3.05, 3.63) is 52.2 Å². The highest BCUT2D eigenvalue weighted by molar-refractivity contribution is 5.92. The smallest absolute Gasteiger partial charge is 0.273 e. The molecule has 170 valence electrons. The number of nitrogens with zero attached hydrogens (tertiary/aromatic N) is 7. The zero-order valence-corrected chi connectivity index (χ0v) is 18.8. The van der Waals surface area contributed by atoms with Crippen molar-refractivity contribution in [1.29, 1.82) is 0 Å². The highest BCUT2D eigenvalue weighted by Crippen LogP contribution is 2.45. The third-order valence-corrected chi connectivity index (χ3v) is 7.12. The van der Waals surface area contributed by atoms with Crippen molar-refractivity contribution in [2.24, 2.45) is 11.8 Å². The van der Waals surface area contributed by atoms with Gasteiger partial charge in [-0.25, -0.2) is 19.6 Å². The Hall–Kier alpha value is -3.56. The van der Waals surface area contributed by atoms with Crippen molar-refractivity contribution in [3.63, 3.8) is 0 Å². The second-order valence-electron chi connectivity index (χ2n) is 9.52. The number of hydrogen-bond acceptors (Lipinski definition) is 8. The number of pyridine rings is 1. The van der Waals surface area contributed by atoms with Crippen molar-refractivity contribution in [2.75, 3.05) is 23.7 Å². The Labute approximate surface area is 191 Å². The van der Waals surface area contributed by atoms with Crippen LogP contribution in [0.15, 0.2) is 18.5 Å². The summed E-state index contributed by atoms with van der Waals surface area (Å²) in [7, 11) is 0. The van der Waals surface area contributed by atoms with Gasteiger partial charge < -0.3 is 16.0 Å². The van der Waals surface area contributed by atoms with Gasteiger partial charge >= 0.3 is 0 Å². The number of amides is 1. The van der Waals surface area contributed by atoms with Crippen molar-refractivity contribution in [2.45, 2.75) is 45.7 Å². The van der Waals surface area contributed by atoms with E-state index in [-0.39, 0.29) is 17.6 Å². The molecule has 33 heavy (non-hydrogen) atoms. The highest BCUT2D eigenvalue weighted by atomic mass is 16.2. The molecule has 0 spiro atoms. The molecule has 4 heterocycles. The Morgan fingerprint density at radius 1 is 1.24 bits per heavy atom. The van der Waals surface area contributed by atoms with E-state index >= 15 is 0 Å². The van der Waals surface area contributed by atoms with E-state index in [0.717, 1.165) is 71.8 Å². The normalized spacial score (nSPS) is 22.8. The molecule has 3 aliphatic rings. The van der Waals surface area contributed by atoms with Crippen molar-refractivity contribution < 1.29 is 4.79 Å². The molecule has 0 bridgehead atoms. The van der Waals surface area contributed by atoms with E-state index in [9.17, 15) is 4.79 Å². The maximum atomic E-state index is 12.8. The zero-order valence-electron chi connectivity index (χ0n) is 18.8. The van der Waals surface area contributed by atoms with Crippen LogP contribution in [-0.4, -0.2) is 48.9 Å². The fraction of sp³-hybridized carbons (Fsp3) is 0.478. The van der Waals surface area contributed by atoms with E-state index in [2.05, 4.69) is 30.5 Å². The Kier molecular flexibility index (Phi) is 4.56. The van der Waals surface area contributed by atoms with Crippen molar-refractivity contribution in [3.8, 4) is 0 Å². The van der Waals surface area contributed by atoms with Gasteiger partial charge in [-0.1, -0.05) is 5.21 Å². The first-order chi connectivity index (χ1) is 15.9. The number of piperidine rings is 1. The van der Waals surface area contributed by atoms with E-state index in [0.29, 0.717) is 12.4 Å². The van der Waals surface area contributed by atoms with Crippen LogP contribution in [0.4, 0.5) is 11.8 Å². The second-order valence-corrected chi connectivity index (χ2v) is 9.52. The number of nitrogens with one attached hydrogen (secondary N) is 1. The quantitative estimate of drug-likeness (QED) is 0.606. The summed E-state index contributed by atoms with van der Waals surface area (Å²) < 4.78 is 1.65. The Balaban J connectivity index is 1.12. The van der Waals surface area contributed by atoms with Crippen LogP contribution in [0.2, 0.25) is 0 Å². The second kappa shape index (κ2) is 7.50. The Morgan fingerprint density at radius 3 is 2.85 bits per heavy atom. The van der Waals surface area contributed by atoms with Gasteiger partial charge in [0.2, 0.25) is 5.95 Å². The van der Waals surface area contributed by atoms with Crippen LogP contribution in [0.5, 0.6) is 0 Å². The molecule has 0 radical (unpaired) electrons. The summed E-state index contributed by atoms with van der Waals surface area (Å²) in [5.74, 6) is 2.79. The van der Waals surface area contributed by atoms with Crippen LogP contribution in [-0.2, 0) is 13.0 Å². The molecule has 1 saturated carbocycles. The minimum absolute atomic E-state index is 0.0959. The fourth-order valence-electron chi connectivity index (χ4n) is 5.16. The van der Waals surface area contributed by atoms with Crippen LogP contribution in [0, 0.1) is 25.7 Å². The molecule has 2 aliphatic carbocycles. The molecule has 3 aromatic rings. The van der Waals surface area contributed by atoms with E-state index in [1.165, 1.54) is 6.42 Å². The molecule has 1 aliphatic heterocycles. The van der Waals surface area contributed by atoms with Gasteiger partial charge in [-0.15, -0.1) is 5.10 Å². The van der Waals surface area contributed by atoms with Crippen molar-refractivity contribution >= 4 is 17.7 Å². The SMILES string of the molecule is Cc1cc2c(c(N)n1)CC[C@H]2NC(=O)c1cn(Cc2cnc(N3CC4CC4C3)nc2C)nn1. The molecule has 3 aromatic heterocycles. The predicted molar refractivity (Wildman–Crippen MR) is 122 cm³/mol. The summed E-state index contributed by atoms with van der Waals surface area (Å²) in [5.41, 5.74) is 11.1. The lowest BCUT2D eigenvalue weighted by atomic mass is 10.1. The van der Waals surface area contributed by atoms with Crippen LogP contribution in [0.25, 0.3) is 0 Å². The minimum atomic E-state index is -0.247. The van der Waals surface area contributed by atoms with Gasteiger partial charge in [0, 0.05) is 36.2 Å². The Morgan fingerprint density at radius 2 is 2.06 bits per heavy atom. The monoisotopic (exact) mass is 445 g/mol. The summed E-state index contributed by atoms with van der Waals surface area (Å²) in [6.45, 7) is 6.50. The lowest BCUT2D eigenvalue weighted by Gasteiger charge is -2.18. The maximum Gasteiger partial charge on any atom is 0.273 e. The van der Waals surface area contributed by atoms with E-state index < -0.39 is 0 Å². The number of aromatic nitrogens is 6. The van der Waals surface area contributed by atoms with Gasteiger partial charge in [0.15, 0.2) is 5.69 Å².